The molecule has 1 aromatic carbocycles. The van der Waals surface area contributed by atoms with Crippen LogP contribution in [0.2, 0.25) is 0 Å². The first-order chi connectivity index (χ1) is 8.25. The average molecular weight is 263 g/mol. The molecule has 1 N–H and O–H groups in total. The van der Waals surface area contributed by atoms with Crippen LogP contribution in [-0.4, -0.2) is 24.0 Å². The van der Waals surface area contributed by atoms with Gasteiger partial charge in [-0.05, 0) is 24.3 Å². The lowest BCUT2D eigenvalue weighted by molar-refractivity contribution is -0.114. The fourth-order valence-electron chi connectivity index (χ4n) is 1.20. The molecule has 98 valence electrons. The fourth-order valence-corrected chi connectivity index (χ4v) is 1.20. The van der Waals surface area contributed by atoms with Gasteiger partial charge in [0.2, 0.25) is 11.7 Å². The summed E-state index contributed by atoms with van der Waals surface area (Å²) in [6, 6.07) is 4.25. The van der Waals surface area contributed by atoms with E-state index in [1.807, 2.05) is 0 Å². The van der Waals surface area contributed by atoms with Crippen molar-refractivity contribution in [2.24, 2.45) is 0 Å². The Morgan fingerprint density at radius 2 is 1.67 bits per heavy atom. The standard InChI is InChI=1S/C11H9F4NO2/c1-6(17)16-8-4-2-7(3-5-8)9(18)11(14,15)10(12)13/h2-5,10H,1H3,(H,16,17). The van der Waals surface area contributed by atoms with Crippen LogP contribution in [-0.2, 0) is 4.79 Å². The summed E-state index contributed by atoms with van der Waals surface area (Å²) in [4.78, 5) is 21.8. The Bertz CT molecular complexity index is 457. The third-order valence-electron chi connectivity index (χ3n) is 2.04. The van der Waals surface area contributed by atoms with E-state index in [1.165, 1.54) is 19.1 Å². The molecule has 0 fully saturated rings. The Kier molecular flexibility index (Phi) is 4.05. The maximum Gasteiger partial charge on any atom is 0.368 e. The molecule has 0 aliphatic heterocycles. The maximum atomic E-state index is 12.8. The minimum atomic E-state index is -4.71. The Morgan fingerprint density at radius 1 is 1.17 bits per heavy atom. The molecule has 0 aliphatic carbocycles. The van der Waals surface area contributed by atoms with Crippen LogP contribution in [0.3, 0.4) is 0 Å². The van der Waals surface area contributed by atoms with E-state index in [0.717, 1.165) is 12.1 Å². The zero-order chi connectivity index (χ0) is 13.9. The number of carbonyl (C=O) groups excluding carboxylic acids is 2. The number of hydrogen-bond acceptors (Lipinski definition) is 2. The smallest absolute Gasteiger partial charge is 0.326 e. The average Bonchev–Trinajstić information content (AvgIpc) is 2.28. The van der Waals surface area contributed by atoms with Crippen LogP contribution >= 0.6 is 0 Å². The van der Waals surface area contributed by atoms with Crippen molar-refractivity contribution in [3.05, 3.63) is 29.8 Å². The van der Waals surface area contributed by atoms with E-state index in [0.29, 0.717) is 0 Å². The molecular weight excluding hydrogens is 254 g/mol. The number of nitrogens with one attached hydrogen (secondary N) is 1. The Labute approximate surface area is 99.8 Å². The Morgan fingerprint density at radius 3 is 2.06 bits per heavy atom. The zero-order valence-corrected chi connectivity index (χ0v) is 9.22. The first kappa shape index (κ1) is 14.1. The first-order valence-electron chi connectivity index (χ1n) is 4.83. The Balaban J connectivity index is 2.92. The van der Waals surface area contributed by atoms with Gasteiger partial charge in [-0.25, -0.2) is 8.78 Å². The van der Waals surface area contributed by atoms with Crippen LogP contribution in [0.15, 0.2) is 24.3 Å². The predicted molar refractivity (Wildman–Crippen MR) is 56.0 cm³/mol. The van der Waals surface area contributed by atoms with E-state index >= 15 is 0 Å². The molecular formula is C11H9F4NO2. The second-order valence-electron chi connectivity index (χ2n) is 3.51. The van der Waals surface area contributed by atoms with E-state index in [2.05, 4.69) is 5.32 Å². The Hall–Kier alpha value is -1.92. The number of anilines is 1. The third kappa shape index (κ3) is 3.06. The van der Waals surface area contributed by atoms with Crippen molar-refractivity contribution in [2.75, 3.05) is 5.32 Å². The second-order valence-corrected chi connectivity index (χ2v) is 3.51. The number of halogens is 4. The van der Waals surface area contributed by atoms with Crippen molar-refractivity contribution in [2.45, 2.75) is 19.3 Å². The molecule has 1 amide bonds. The summed E-state index contributed by atoms with van der Waals surface area (Å²) in [6.07, 6.45) is -4.06. The van der Waals surface area contributed by atoms with E-state index in [-0.39, 0.29) is 11.6 Å². The molecule has 1 aromatic rings. The third-order valence-corrected chi connectivity index (χ3v) is 2.04. The van der Waals surface area contributed by atoms with Gasteiger partial charge in [0.15, 0.2) is 0 Å². The number of Topliss-reactive ketones (excluding diaryl/α,β-unsaturated/α-hetero) is 1. The molecule has 0 unspecified atom stereocenters. The number of amides is 1. The lowest BCUT2D eigenvalue weighted by atomic mass is 10.1. The quantitative estimate of drug-likeness (QED) is 0.670. The van der Waals surface area contributed by atoms with E-state index in [1.54, 1.807) is 0 Å². The number of alkyl halides is 4. The minimum Gasteiger partial charge on any atom is -0.326 e. The van der Waals surface area contributed by atoms with Gasteiger partial charge >= 0.3 is 12.3 Å². The molecule has 0 spiro atoms. The lowest BCUT2D eigenvalue weighted by Crippen LogP contribution is -2.36. The summed E-state index contributed by atoms with van der Waals surface area (Å²) in [6.45, 7) is 1.24. The van der Waals surface area contributed by atoms with Crippen LogP contribution < -0.4 is 5.32 Å². The maximum absolute atomic E-state index is 12.8. The predicted octanol–water partition coefficient (Wildman–Crippen LogP) is 2.73. The number of carbonyl (C=O) groups is 2. The lowest BCUT2D eigenvalue weighted by Gasteiger charge is -2.13. The van der Waals surface area contributed by atoms with Crippen molar-refractivity contribution >= 4 is 17.4 Å². The van der Waals surface area contributed by atoms with Gasteiger partial charge in [0, 0.05) is 18.2 Å². The van der Waals surface area contributed by atoms with Crippen LogP contribution in [0.5, 0.6) is 0 Å². The van der Waals surface area contributed by atoms with E-state index in [4.69, 9.17) is 0 Å². The number of rotatable bonds is 4. The molecule has 0 radical (unpaired) electrons. The monoisotopic (exact) mass is 263 g/mol. The molecule has 1 rings (SSSR count). The first-order valence-corrected chi connectivity index (χ1v) is 4.83. The van der Waals surface area contributed by atoms with Crippen LogP contribution in [0.4, 0.5) is 23.2 Å². The van der Waals surface area contributed by atoms with E-state index < -0.39 is 23.7 Å². The van der Waals surface area contributed by atoms with Crippen molar-refractivity contribution in [3.63, 3.8) is 0 Å². The number of ketones is 1. The van der Waals surface area contributed by atoms with Gasteiger partial charge in [0.05, 0.1) is 0 Å². The normalized spacial score (nSPS) is 11.4. The molecule has 0 aromatic heterocycles. The van der Waals surface area contributed by atoms with Gasteiger partial charge in [-0.2, -0.15) is 8.78 Å². The van der Waals surface area contributed by atoms with Gasteiger partial charge in [-0.15, -0.1) is 0 Å². The molecule has 7 heteroatoms. The zero-order valence-electron chi connectivity index (χ0n) is 9.22. The van der Waals surface area contributed by atoms with Crippen molar-refractivity contribution in [1.82, 2.24) is 0 Å². The fraction of sp³-hybridized carbons (Fsp3) is 0.273. The molecule has 3 nitrogen and oxygen atoms in total. The largest absolute Gasteiger partial charge is 0.368 e. The summed E-state index contributed by atoms with van der Waals surface area (Å²) < 4.78 is 49.5. The highest BCUT2D eigenvalue weighted by Crippen LogP contribution is 2.27. The topological polar surface area (TPSA) is 46.2 Å². The summed E-state index contributed by atoms with van der Waals surface area (Å²) in [7, 11) is 0. The molecule has 0 aliphatic rings. The highest BCUT2D eigenvalue weighted by Gasteiger charge is 2.48. The molecule has 18 heavy (non-hydrogen) atoms. The van der Waals surface area contributed by atoms with Gasteiger partial charge in [0.1, 0.15) is 0 Å². The summed E-state index contributed by atoms with van der Waals surface area (Å²) >= 11 is 0. The van der Waals surface area contributed by atoms with Gasteiger partial charge in [-0.3, -0.25) is 9.59 Å². The minimum absolute atomic E-state index is 0.277. The summed E-state index contributed by atoms with van der Waals surface area (Å²) in [5.74, 6) is -7.05. The van der Waals surface area contributed by atoms with Crippen LogP contribution in [0.25, 0.3) is 0 Å². The SMILES string of the molecule is CC(=O)Nc1ccc(C(=O)C(F)(F)C(F)F)cc1. The number of benzene rings is 1. The van der Waals surface area contributed by atoms with Crippen LogP contribution in [0.1, 0.15) is 17.3 Å². The van der Waals surface area contributed by atoms with Crippen molar-refractivity contribution in [1.29, 1.82) is 0 Å². The van der Waals surface area contributed by atoms with Gasteiger partial charge in [-0.1, -0.05) is 0 Å². The second kappa shape index (κ2) is 5.16. The molecule has 0 heterocycles. The molecule has 0 bridgehead atoms. The van der Waals surface area contributed by atoms with Crippen molar-refractivity contribution in [3.8, 4) is 0 Å². The number of hydrogen-bond donors (Lipinski definition) is 1. The van der Waals surface area contributed by atoms with Gasteiger partial charge < -0.3 is 5.32 Å². The molecule has 0 saturated heterocycles. The van der Waals surface area contributed by atoms with Gasteiger partial charge in [0.25, 0.3) is 0 Å². The highest BCUT2D eigenvalue weighted by molar-refractivity contribution is 6.02. The highest BCUT2D eigenvalue weighted by atomic mass is 19.3. The summed E-state index contributed by atoms with van der Waals surface area (Å²) in [5.41, 5.74) is -0.270. The molecule has 0 atom stereocenters. The van der Waals surface area contributed by atoms with Crippen molar-refractivity contribution < 1.29 is 27.2 Å². The van der Waals surface area contributed by atoms with Crippen LogP contribution in [0, 0.1) is 0 Å². The van der Waals surface area contributed by atoms with E-state index in [9.17, 15) is 27.2 Å². The molecule has 0 saturated carbocycles. The summed E-state index contributed by atoms with van der Waals surface area (Å²) in [5, 5.41) is 2.35.